The number of hydrogen-bond acceptors (Lipinski definition) is 4. The van der Waals surface area contributed by atoms with E-state index in [0.29, 0.717) is 12.1 Å². The Balaban J connectivity index is 2.03. The summed E-state index contributed by atoms with van der Waals surface area (Å²) in [4.78, 5) is 6.92. The number of aromatic nitrogens is 3. The highest BCUT2D eigenvalue weighted by Gasteiger charge is 2.21. The molecule has 1 saturated heterocycles. The molecule has 18 heavy (non-hydrogen) atoms. The van der Waals surface area contributed by atoms with Crippen LogP contribution in [0, 0.1) is 0 Å². The molecule has 0 aliphatic carbocycles. The molecule has 1 N–H and O–H groups in total. The Labute approximate surface area is 110 Å². The fourth-order valence-electron chi connectivity index (χ4n) is 2.53. The summed E-state index contributed by atoms with van der Waals surface area (Å²) < 4.78 is 2.04. The van der Waals surface area contributed by atoms with E-state index in [4.69, 9.17) is 0 Å². The summed E-state index contributed by atoms with van der Waals surface area (Å²) in [6, 6.07) is 1.16. The van der Waals surface area contributed by atoms with Gasteiger partial charge in [0.05, 0.1) is 6.54 Å². The first-order valence-corrected chi connectivity index (χ1v) is 7.04. The van der Waals surface area contributed by atoms with Crippen LogP contribution in [0.5, 0.6) is 0 Å². The van der Waals surface area contributed by atoms with Gasteiger partial charge in [-0.25, -0.2) is 9.67 Å². The molecule has 0 bridgehead atoms. The first-order valence-electron chi connectivity index (χ1n) is 7.04. The quantitative estimate of drug-likeness (QED) is 0.875. The Hall–Kier alpha value is -0.940. The van der Waals surface area contributed by atoms with Crippen LogP contribution in [0.15, 0.2) is 6.33 Å². The van der Waals surface area contributed by atoms with Crippen molar-refractivity contribution in [2.75, 3.05) is 13.1 Å². The molecule has 5 nitrogen and oxygen atoms in total. The van der Waals surface area contributed by atoms with Crippen LogP contribution in [0.25, 0.3) is 0 Å². The van der Waals surface area contributed by atoms with Crippen LogP contribution >= 0.6 is 0 Å². The predicted molar refractivity (Wildman–Crippen MR) is 72.3 cm³/mol. The number of aryl methyl sites for hydroxylation is 1. The van der Waals surface area contributed by atoms with Crippen molar-refractivity contribution in [3.8, 4) is 0 Å². The highest BCUT2D eigenvalue weighted by molar-refractivity contribution is 4.88. The van der Waals surface area contributed by atoms with Crippen molar-refractivity contribution >= 4 is 0 Å². The summed E-state index contributed by atoms with van der Waals surface area (Å²) in [6.07, 6.45) is 3.98. The SMILES string of the molecule is CCCn1ncnc1CN1CC(C)NCCC1C. The molecule has 2 atom stereocenters. The fraction of sp³-hybridized carbons (Fsp3) is 0.846. The van der Waals surface area contributed by atoms with Gasteiger partial charge < -0.3 is 5.32 Å². The van der Waals surface area contributed by atoms with Crippen LogP contribution in [-0.2, 0) is 13.1 Å². The highest BCUT2D eigenvalue weighted by atomic mass is 15.4. The van der Waals surface area contributed by atoms with Crippen LogP contribution in [0.3, 0.4) is 0 Å². The smallest absolute Gasteiger partial charge is 0.141 e. The molecule has 1 aromatic rings. The topological polar surface area (TPSA) is 46.0 Å². The van der Waals surface area contributed by atoms with E-state index in [-0.39, 0.29) is 0 Å². The van der Waals surface area contributed by atoms with Gasteiger partial charge in [0.1, 0.15) is 12.2 Å². The van der Waals surface area contributed by atoms with E-state index < -0.39 is 0 Å². The van der Waals surface area contributed by atoms with Gasteiger partial charge in [-0.05, 0) is 33.2 Å². The first kappa shape index (κ1) is 13.5. The molecule has 0 aromatic carbocycles. The van der Waals surface area contributed by atoms with Crippen molar-refractivity contribution in [3.05, 3.63) is 12.2 Å². The van der Waals surface area contributed by atoms with Gasteiger partial charge in [-0.15, -0.1) is 0 Å². The van der Waals surface area contributed by atoms with Gasteiger partial charge in [0, 0.05) is 25.2 Å². The summed E-state index contributed by atoms with van der Waals surface area (Å²) in [5.74, 6) is 1.10. The van der Waals surface area contributed by atoms with Crippen LogP contribution < -0.4 is 5.32 Å². The maximum absolute atomic E-state index is 4.41. The van der Waals surface area contributed by atoms with Crippen molar-refractivity contribution in [1.29, 1.82) is 0 Å². The number of nitrogens with one attached hydrogen (secondary N) is 1. The molecule has 1 aliphatic heterocycles. The molecule has 0 saturated carbocycles. The van der Waals surface area contributed by atoms with E-state index in [2.05, 4.69) is 41.1 Å². The molecule has 1 aliphatic rings. The first-order chi connectivity index (χ1) is 8.70. The second-order valence-electron chi connectivity index (χ2n) is 5.32. The van der Waals surface area contributed by atoms with Gasteiger partial charge in [0.2, 0.25) is 0 Å². The maximum atomic E-state index is 4.41. The zero-order chi connectivity index (χ0) is 13.0. The van der Waals surface area contributed by atoms with E-state index in [1.54, 1.807) is 6.33 Å². The molecule has 2 rings (SSSR count). The molecule has 102 valence electrons. The van der Waals surface area contributed by atoms with Crippen LogP contribution in [-0.4, -0.2) is 44.8 Å². The van der Waals surface area contributed by atoms with Crippen molar-refractivity contribution in [2.45, 2.75) is 58.8 Å². The van der Waals surface area contributed by atoms with Crippen molar-refractivity contribution in [3.63, 3.8) is 0 Å². The number of rotatable bonds is 4. The summed E-state index contributed by atoms with van der Waals surface area (Å²) in [7, 11) is 0. The lowest BCUT2D eigenvalue weighted by Crippen LogP contribution is -2.38. The Morgan fingerprint density at radius 2 is 2.28 bits per heavy atom. The van der Waals surface area contributed by atoms with Crippen molar-refractivity contribution in [1.82, 2.24) is 25.0 Å². The van der Waals surface area contributed by atoms with E-state index in [1.807, 2.05) is 4.68 Å². The van der Waals surface area contributed by atoms with Gasteiger partial charge in [-0.1, -0.05) is 6.92 Å². The lowest BCUT2D eigenvalue weighted by atomic mass is 10.2. The highest BCUT2D eigenvalue weighted by Crippen LogP contribution is 2.12. The second kappa shape index (κ2) is 6.29. The fourth-order valence-corrected chi connectivity index (χ4v) is 2.53. The summed E-state index contributed by atoms with van der Waals surface area (Å²) >= 11 is 0. The third-order valence-corrected chi connectivity index (χ3v) is 3.66. The molecule has 2 unspecified atom stereocenters. The Morgan fingerprint density at radius 1 is 1.44 bits per heavy atom. The lowest BCUT2D eigenvalue weighted by Gasteiger charge is -2.27. The molecule has 0 radical (unpaired) electrons. The lowest BCUT2D eigenvalue weighted by molar-refractivity contribution is 0.190. The van der Waals surface area contributed by atoms with Crippen LogP contribution in [0.4, 0.5) is 0 Å². The molecule has 5 heteroatoms. The number of nitrogens with zero attached hydrogens (tertiary/aromatic N) is 4. The monoisotopic (exact) mass is 251 g/mol. The third-order valence-electron chi connectivity index (χ3n) is 3.66. The van der Waals surface area contributed by atoms with Crippen molar-refractivity contribution < 1.29 is 0 Å². The normalized spacial score (nSPS) is 26.2. The molecular weight excluding hydrogens is 226 g/mol. The van der Waals surface area contributed by atoms with E-state index in [9.17, 15) is 0 Å². The minimum atomic E-state index is 0.553. The average molecular weight is 251 g/mol. The van der Waals surface area contributed by atoms with Gasteiger partial charge in [0.15, 0.2) is 0 Å². The second-order valence-corrected chi connectivity index (χ2v) is 5.32. The zero-order valence-corrected chi connectivity index (χ0v) is 11.8. The van der Waals surface area contributed by atoms with E-state index >= 15 is 0 Å². The molecular formula is C13H25N5. The predicted octanol–water partition coefficient (Wildman–Crippen LogP) is 1.26. The molecule has 0 spiro atoms. The standard InChI is InChI=1S/C13H25N5/c1-4-7-18-13(15-10-16-18)9-17-8-11(2)14-6-5-12(17)3/h10-12,14H,4-9H2,1-3H3. The summed E-state index contributed by atoms with van der Waals surface area (Å²) in [6.45, 7) is 10.8. The molecule has 1 aromatic heterocycles. The summed E-state index contributed by atoms with van der Waals surface area (Å²) in [5, 5.41) is 7.84. The Kier molecular flexibility index (Phi) is 4.72. The van der Waals surface area contributed by atoms with Crippen LogP contribution in [0.2, 0.25) is 0 Å². The van der Waals surface area contributed by atoms with Crippen LogP contribution in [0.1, 0.15) is 39.4 Å². The molecule has 1 fully saturated rings. The minimum absolute atomic E-state index is 0.553. The Bertz CT molecular complexity index is 362. The van der Waals surface area contributed by atoms with E-state index in [1.165, 1.54) is 6.42 Å². The van der Waals surface area contributed by atoms with Gasteiger partial charge in [0.25, 0.3) is 0 Å². The van der Waals surface area contributed by atoms with Gasteiger partial charge in [-0.2, -0.15) is 5.10 Å². The largest absolute Gasteiger partial charge is 0.313 e. The van der Waals surface area contributed by atoms with Crippen molar-refractivity contribution in [2.24, 2.45) is 0 Å². The minimum Gasteiger partial charge on any atom is -0.313 e. The zero-order valence-electron chi connectivity index (χ0n) is 11.8. The van der Waals surface area contributed by atoms with E-state index in [0.717, 1.165) is 38.4 Å². The third kappa shape index (κ3) is 3.29. The number of hydrogen-bond donors (Lipinski definition) is 1. The average Bonchev–Trinajstić information content (AvgIpc) is 2.69. The molecule has 2 heterocycles. The van der Waals surface area contributed by atoms with Gasteiger partial charge in [-0.3, -0.25) is 4.90 Å². The summed E-state index contributed by atoms with van der Waals surface area (Å²) in [5.41, 5.74) is 0. The maximum Gasteiger partial charge on any atom is 0.141 e. The van der Waals surface area contributed by atoms with Gasteiger partial charge >= 0.3 is 0 Å². The molecule has 0 amide bonds. The Morgan fingerprint density at radius 3 is 3.06 bits per heavy atom.